The molecule has 0 aliphatic heterocycles. The number of alkyl halides is 2. The highest BCUT2D eigenvalue weighted by molar-refractivity contribution is 7.98. The first kappa shape index (κ1) is 16.9. The van der Waals surface area contributed by atoms with E-state index in [1.165, 1.54) is 18.1 Å². The van der Waals surface area contributed by atoms with Gasteiger partial charge in [0.2, 0.25) is 0 Å². The molecule has 0 saturated carbocycles. The second kappa shape index (κ2) is 6.90. The Balaban J connectivity index is 2.14. The van der Waals surface area contributed by atoms with Gasteiger partial charge in [-0.2, -0.15) is 4.98 Å². The molecule has 0 aliphatic carbocycles. The van der Waals surface area contributed by atoms with E-state index < -0.39 is 18.5 Å². The molecule has 0 spiro atoms. The predicted molar refractivity (Wildman–Crippen MR) is 90.1 cm³/mol. The van der Waals surface area contributed by atoms with Gasteiger partial charge in [-0.25, -0.2) is 13.8 Å². The summed E-state index contributed by atoms with van der Waals surface area (Å²) in [5, 5.41) is 1.10. The number of thioether (sulfide) groups is 1. The highest BCUT2D eigenvalue weighted by Crippen LogP contribution is 2.20. The third-order valence-corrected chi connectivity index (χ3v) is 4.40. The van der Waals surface area contributed by atoms with Crippen molar-refractivity contribution in [1.29, 1.82) is 0 Å². The van der Waals surface area contributed by atoms with Crippen LogP contribution in [0.4, 0.5) is 8.78 Å². The molecule has 2 heterocycles. The Bertz CT molecular complexity index is 924. The summed E-state index contributed by atoms with van der Waals surface area (Å²) in [7, 11) is 0. The molecule has 0 atom stereocenters. The van der Waals surface area contributed by atoms with Crippen LogP contribution >= 0.6 is 23.4 Å². The van der Waals surface area contributed by atoms with E-state index in [4.69, 9.17) is 11.6 Å². The quantitative estimate of drug-likeness (QED) is 0.511. The number of hydrogen-bond acceptors (Lipinski definition) is 4. The van der Waals surface area contributed by atoms with Gasteiger partial charge in [0.1, 0.15) is 0 Å². The van der Waals surface area contributed by atoms with Gasteiger partial charge >= 0.3 is 0 Å². The third kappa shape index (κ3) is 3.29. The summed E-state index contributed by atoms with van der Waals surface area (Å²) in [6, 6.07) is 7.23. The predicted octanol–water partition coefficient (Wildman–Crippen LogP) is 3.28. The Morgan fingerprint density at radius 1 is 1.29 bits per heavy atom. The maximum absolute atomic E-state index is 12.7. The summed E-state index contributed by atoms with van der Waals surface area (Å²) >= 11 is 7.19. The largest absolute Gasteiger partial charge is 0.319 e. The van der Waals surface area contributed by atoms with Crippen LogP contribution in [0.25, 0.3) is 11.2 Å². The SMILES string of the molecule is CSc1nc(=O)c2c(ncn2CC(F)F)n1Cc1ccc(Cl)cc1. The first-order chi connectivity index (χ1) is 11.5. The van der Waals surface area contributed by atoms with Gasteiger partial charge < -0.3 is 4.57 Å². The van der Waals surface area contributed by atoms with Crippen molar-refractivity contribution < 1.29 is 8.78 Å². The summed E-state index contributed by atoms with van der Waals surface area (Å²) in [6.07, 6.45) is 0.469. The topological polar surface area (TPSA) is 52.7 Å². The lowest BCUT2D eigenvalue weighted by molar-refractivity contribution is 0.128. The van der Waals surface area contributed by atoms with E-state index in [-0.39, 0.29) is 5.52 Å². The van der Waals surface area contributed by atoms with E-state index in [0.717, 1.165) is 10.1 Å². The number of aromatic nitrogens is 4. The number of benzene rings is 1. The van der Waals surface area contributed by atoms with Crippen LogP contribution in [0.15, 0.2) is 40.5 Å². The smallest absolute Gasteiger partial charge is 0.299 e. The zero-order valence-electron chi connectivity index (χ0n) is 12.6. The summed E-state index contributed by atoms with van der Waals surface area (Å²) in [6.45, 7) is -0.185. The van der Waals surface area contributed by atoms with Crippen molar-refractivity contribution >= 4 is 34.5 Å². The number of nitrogens with zero attached hydrogens (tertiary/aromatic N) is 4. The molecule has 5 nitrogen and oxygen atoms in total. The average Bonchev–Trinajstić information content (AvgIpc) is 2.95. The van der Waals surface area contributed by atoms with Crippen LogP contribution in [0.1, 0.15) is 5.56 Å². The van der Waals surface area contributed by atoms with Gasteiger partial charge in [0, 0.05) is 5.02 Å². The molecular formula is C15H13ClF2N4OS. The monoisotopic (exact) mass is 370 g/mol. The Morgan fingerprint density at radius 3 is 2.62 bits per heavy atom. The lowest BCUT2D eigenvalue weighted by Crippen LogP contribution is -2.19. The van der Waals surface area contributed by atoms with Crippen LogP contribution in [0.5, 0.6) is 0 Å². The second-order valence-corrected chi connectivity index (χ2v) is 6.29. The van der Waals surface area contributed by atoms with Crippen molar-refractivity contribution in [3.63, 3.8) is 0 Å². The van der Waals surface area contributed by atoms with Gasteiger partial charge in [-0.15, -0.1) is 0 Å². The van der Waals surface area contributed by atoms with Gasteiger partial charge in [-0.1, -0.05) is 35.5 Å². The Kier molecular flexibility index (Phi) is 4.86. The molecular weight excluding hydrogens is 358 g/mol. The number of halogens is 3. The molecule has 0 amide bonds. The summed E-state index contributed by atoms with van der Waals surface area (Å²) < 4.78 is 28.3. The summed E-state index contributed by atoms with van der Waals surface area (Å²) in [4.78, 5) is 20.4. The van der Waals surface area contributed by atoms with Crippen molar-refractivity contribution in [1.82, 2.24) is 19.1 Å². The van der Waals surface area contributed by atoms with Crippen LogP contribution in [-0.2, 0) is 13.1 Å². The molecule has 0 N–H and O–H groups in total. The summed E-state index contributed by atoms with van der Waals surface area (Å²) in [5.74, 6) is 0. The lowest BCUT2D eigenvalue weighted by Gasteiger charge is -2.12. The molecule has 0 aliphatic rings. The van der Waals surface area contributed by atoms with Gasteiger partial charge in [0.05, 0.1) is 19.4 Å². The molecule has 0 radical (unpaired) electrons. The number of fused-ring (bicyclic) bond motifs is 1. The summed E-state index contributed by atoms with van der Waals surface area (Å²) in [5.41, 5.74) is 0.807. The fourth-order valence-electron chi connectivity index (χ4n) is 2.44. The molecule has 3 aromatic rings. The van der Waals surface area contributed by atoms with E-state index >= 15 is 0 Å². The van der Waals surface area contributed by atoms with Crippen molar-refractivity contribution in [3.05, 3.63) is 51.5 Å². The fourth-order valence-corrected chi connectivity index (χ4v) is 3.11. The fraction of sp³-hybridized carbons (Fsp3) is 0.267. The Hall–Kier alpha value is -1.93. The molecule has 126 valence electrons. The van der Waals surface area contributed by atoms with Crippen LogP contribution in [0, 0.1) is 0 Å². The van der Waals surface area contributed by atoms with Gasteiger partial charge in [0.25, 0.3) is 12.0 Å². The van der Waals surface area contributed by atoms with E-state index in [1.807, 2.05) is 12.1 Å². The Labute approximate surface area is 145 Å². The second-order valence-electron chi connectivity index (χ2n) is 5.08. The Morgan fingerprint density at radius 2 is 2.00 bits per heavy atom. The van der Waals surface area contributed by atoms with Crippen LogP contribution in [0.3, 0.4) is 0 Å². The molecule has 1 aromatic carbocycles. The highest BCUT2D eigenvalue weighted by atomic mass is 35.5. The minimum absolute atomic E-state index is 0.0852. The van der Waals surface area contributed by atoms with Crippen molar-refractivity contribution in [3.8, 4) is 0 Å². The standard InChI is InChI=1S/C15H13ClF2N4OS/c1-24-15-20-14(23)12-13(19-8-21(12)7-11(17)18)22(15)6-9-2-4-10(16)5-3-9/h2-5,8,11H,6-7H2,1H3. The van der Waals surface area contributed by atoms with E-state index in [2.05, 4.69) is 9.97 Å². The molecule has 3 rings (SSSR count). The number of hydrogen-bond donors (Lipinski definition) is 0. The van der Waals surface area contributed by atoms with Crippen LogP contribution < -0.4 is 5.56 Å². The molecule has 0 unspecified atom stereocenters. The first-order valence-corrected chi connectivity index (χ1v) is 8.62. The molecule has 0 fully saturated rings. The van der Waals surface area contributed by atoms with Crippen molar-refractivity contribution in [2.75, 3.05) is 6.26 Å². The van der Waals surface area contributed by atoms with Crippen molar-refractivity contribution in [2.45, 2.75) is 24.7 Å². The van der Waals surface area contributed by atoms with E-state index in [0.29, 0.717) is 22.4 Å². The lowest BCUT2D eigenvalue weighted by atomic mass is 10.2. The van der Waals surface area contributed by atoms with Crippen LogP contribution in [0.2, 0.25) is 5.02 Å². The normalized spacial score (nSPS) is 11.5. The average molecular weight is 371 g/mol. The molecule has 2 aromatic heterocycles. The molecule has 24 heavy (non-hydrogen) atoms. The zero-order chi connectivity index (χ0) is 17.3. The van der Waals surface area contributed by atoms with Crippen LogP contribution in [-0.4, -0.2) is 31.8 Å². The zero-order valence-corrected chi connectivity index (χ0v) is 14.2. The third-order valence-electron chi connectivity index (χ3n) is 3.48. The van der Waals surface area contributed by atoms with E-state index in [9.17, 15) is 13.6 Å². The molecule has 9 heteroatoms. The number of imidazole rings is 1. The van der Waals surface area contributed by atoms with Crippen molar-refractivity contribution in [2.24, 2.45) is 0 Å². The first-order valence-electron chi connectivity index (χ1n) is 7.02. The minimum atomic E-state index is -2.58. The maximum Gasteiger partial charge on any atom is 0.299 e. The van der Waals surface area contributed by atoms with Gasteiger partial charge in [0.15, 0.2) is 16.3 Å². The molecule has 0 bridgehead atoms. The number of rotatable bonds is 5. The van der Waals surface area contributed by atoms with Gasteiger partial charge in [-0.05, 0) is 24.0 Å². The minimum Gasteiger partial charge on any atom is -0.319 e. The highest BCUT2D eigenvalue weighted by Gasteiger charge is 2.17. The van der Waals surface area contributed by atoms with Gasteiger partial charge in [-0.3, -0.25) is 9.36 Å². The maximum atomic E-state index is 12.7. The van der Waals surface area contributed by atoms with E-state index in [1.54, 1.807) is 23.0 Å². The molecule has 0 saturated heterocycles.